The Balaban J connectivity index is 1.55. The molecule has 0 bridgehead atoms. The summed E-state index contributed by atoms with van der Waals surface area (Å²) in [5.74, 6) is 0.0912. The zero-order valence-corrected chi connectivity index (χ0v) is 20.5. The molecule has 1 aromatic carbocycles. The van der Waals surface area contributed by atoms with Gasteiger partial charge in [0.15, 0.2) is 5.67 Å². The molecule has 2 aliphatic rings. The quantitative estimate of drug-likeness (QED) is 0.335. The maximum Gasteiger partial charge on any atom is 0.435 e. The van der Waals surface area contributed by atoms with Crippen molar-refractivity contribution < 1.29 is 27.2 Å². The highest BCUT2D eigenvalue weighted by atomic mass is 35.5. The van der Waals surface area contributed by atoms with Crippen LogP contribution in [0.3, 0.4) is 0 Å². The lowest BCUT2D eigenvalue weighted by atomic mass is 9.86. The van der Waals surface area contributed by atoms with Crippen molar-refractivity contribution in [2.45, 2.75) is 23.9 Å². The molecule has 0 saturated carbocycles. The van der Waals surface area contributed by atoms with Crippen LogP contribution >= 0.6 is 46.6 Å². The number of alkyl halides is 4. The van der Waals surface area contributed by atoms with Crippen LogP contribution in [0.25, 0.3) is 0 Å². The van der Waals surface area contributed by atoms with Gasteiger partial charge < -0.3 is 9.74 Å². The van der Waals surface area contributed by atoms with Gasteiger partial charge in [-0.25, -0.2) is 4.39 Å². The van der Waals surface area contributed by atoms with Crippen LogP contribution in [0, 0.1) is 0 Å². The first kappa shape index (κ1) is 25.3. The first-order valence-electron chi connectivity index (χ1n) is 9.79. The predicted molar refractivity (Wildman–Crippen MR) is 123 cm³/mol. The Labute approximate surface area is 211 Å². The molecule has 2 aliphatic heterocycles. The van der Waals surface area contributed by atoms with E-state index in [4.69, 9.17) is 39.6 Å². The van der Waals surface area contributed by atoms with Crippen LogP contribution in [0.4, 0.5) is 17.6 Å². The summed E-state index contributed by atoms with van der Waals surface area (Å²) in [4.78, 5) is 22.3. The van der Waals surface area contributed by atoms with Crippen molar-refractivity contribution in [3.05, 3.63) is 62.4 Å². The lowest BCUT2D eigenvalue weighted by molar-refractivity contribution is -0.275. The number of hydrogen-bond donors (Lipinski definition) is 0. The molecule has 34 heavy (non-hydrogen) atoms. The monoisotopic (exact) mass is 555 g/mol. The molecule has 1 atom stereocenters. The van der Waals surface area contributed by atoms with Gasteiger partial charge in [-0.05, 0) is 30.5 Å². The highest BCUT2D eigenvalue weighted by molar-refractivity contribution is 7.99. The maximum atomic E-state index is 15.1. The van der Waals surface area contributed by atoms with E-state index in [1.165, 1.54) is 35.0 Å². The van der Waals surface area contributed by atoms with E-state index in [-0.39, 0.29) is 62.3 Å². The summed E-state index contributed by atoms with van der Waals surface area (Å²) in [6.45, 7) is -0.254. The lowest BCUT2D eigenvalue weighted by Gasteiger charge is -2.43. The number of oxime groups is 1. The van der Waals surface area contributed by atoms with Crippen LogP contribution in [0.2, 0.25) is 15.1 Å². The SMILES string of the molecule is CSCC(=O)N1CC(F)(c2ccc(C3=NOC(c4cc(Cl)c(Cl)c(Cl)c4)(C(F)(F)F)C3)cn2)C1. The second-order valence-corrected chi connectivity index (χ2v) is 10.0. The predicted octanol–water partition coefficient (Wildman–Crippen LogP) is 5.99. The third-order valence-corrected chi connectivity index (χ3v) is 7.43. The largest absolute Gasteiger partial charge is 0.435 e. The topological polar surface area (TPSA) is 54.8 Å². The van der Waals surface area contributed by atoms with E-state index in [2.05, 4.69) is 10.1 Å². The number of carbonyl (C=O) groups is 1. The van der Waals surface area contributed by atoms with Crippen molar-refractivity contribution in [1.82, 2.24) is 9.88 Å². The molecular formula is C21H16Cl3F4N3O2S. The van der Waals surface area contributed by atoms with E-state index >= 15 is 4.39 Å². The van der Waals surface area contributed by atoms with Gasteiger partial charge in [-0.2, -0.15) is 24.9 Å². The Morgan fingerprint density at radius 3 is 2.38 bits per heavy atom. The van der Waals surface area contributed by atoms with Gasteiger partial charge in [0.05, 0.1) is 51.7 Å². The van der Waals surface area contributed by atoms with Crippen LogP contribution in [0.1, 0.15) is 23.2 Å². The van der Waals surface area contributed by atoms with Gasteiger partial charge in [0.25, 0.3) is 5.60 Å². The van der Waals surface area contributed by atoms with E-state index in [0.29, 0.717) is 0 Å². The third kappa shape index (κ3) is 4.34. The van der Waals surface area contributed by atoms with Gasteiger partial charge in [-0.15, -0.1) is 0 Å². The number of benzene rings is 1. The minimum absolute atomic E-state index is 0.0307. The van der Waals surface area contributed by atoms with Gasteiger partial charge in [0, 0.05) is 17.3 Å². The Morgan fingerprint density at radius 2 is 1.85 bits per heavy atom. The molecule has 0 radical (unpaired) electrons. The molecule has 1 aromatic heterocycles. The number of pyridine rings is 1. The van der Waals surface area contributed by atoms with Gasteiger partial charge in [0.1, 0.15) is 0 Å². The lowest BCUT2D eigenvalue weighted by Crippen LogP contribution is -2.59. The number of aromatic nitrogens is 1. The van der Waals surface area contributed by atoms with Crippen molar-refractivity contribution in [1.29, 1.82) is 0 Å². The van der Waals surface area contributed by atoms with Gasteiger partial charge in [-0.3, -0.25) is 9.78 Å². The summed E-state index contributed by atoms with van der Waals surface area (Å²) in [5, 5.41) is 3.26. The minimum Gasteiger partial charge on any atom is -0.374 e. The van der Waals surface area contributed by atoms with Gasteiger partial charge in [0.2, 0.25) is 5.91 Å². The second-order valence-electron chi connectivity index (χ2n) is 7.96. The van der Waals surface area contributed by atoms with Crippen LogP contribution in [-0.4, -0.2) is 52.8 Å². The summed E-state index contributed by atoms with van der Waals surface area (Å²) in [6, 6.07) is 4.87. The Morgan fingerprint density at radius 1 is 1.21 bits per heavy atom. The molecule has 2 aromatic rings. The third-order valence-electron chi connectivity index (χ3n) is 5.70. The number of amides is 1. The van der Waals surface area contributed by atoms with E-state index in [9.17, 15) is 18.0 Å². The molecule has 4 rings (SSSR count). The average molecular weight is 557 g/mol. The number of likely N-dealkylation sites (tertiary alicyclic amines) is 1. The summed E-state index contributed by atoms with van der Waals surface area (Å²) in [5.41, 5.74) is -4.70. The first-order chi connectivity index (χ1) is 15.9. The summed E-state index contributed by atoms with van der Waals surface area (Å²) >= 11 is 19.1. The van der Waals surface area contributed by atoms with Crippen molar-refractivity contribution in [2.75, 3.05) is 25.1 Å². The second kappa shape index (κ2) is 9.04. The minimum atomic E-state index is -4.87. The smallest absolute Gasteiger partial charge is 0.374 e. The molecule has 1 amide bonds. The normalized spacial score (nSPS) is 21.6. The van der Waals surface area contributed by atoms with Crippen LogP contribution < -0.4 is 0 Å². The summed E-state index contributed by atoms with van der Waals surface area (Å²) in [6.07, 6.45) is -2.53. The highest BCUT2D eigenvalue weighted by Crippen LogP contribution is 2.50. The number of hydrogen-bond acceptors (Lipinski definition) is 5. The van der Waals surface area contributed by atoms with E-state index in [1.54, 1.807) is 6.26 Å². The standard InChI is InChI=1S/C21H16Cl3F4N3O2S/c1-34-8-17(32)31-9-19(25,10-31)16-3-2-11(7-29-16)15-6-20(33-30-15,21(26,27)28)12-4-13(22)18(24)14(23)5-12/h2-5,7H,6,8-10H2,1H3. The van der Waals surface area contributed by atoms with Crippen LogP contribution in [-0.2, 0) is 20.9 Å². The molecule has 0 N–H and O–H groups in total. The molecule has 1 fully saturated rings. The molecule has 3 heterocycles. The van der Waals surface area contributed by atoms with Crippen molar-refractivity contribution >= 4 is 58.2 Å². The zero-order valence-electron chi connectivity index (χ0n) is 17.4. The van der Waals surface area contributed by atoms with Crippen molar-refractivity contribution in [2.24, 2.45) is 5.16 Å². The number of carbonyl (C=O) groups excluding carboxylic acids is 1. The molecular weight excluding hydrogens is 541 g/mol. The molecule has 13 heteroatoms. The fraction of sp³-hybridized carbons (Fsp3) is 0.381. The Hall–Kier alpha value is -1.75. The van der Waals surface area contributed by atoms with Crippen LogP contribution in [0.5, 0.6) is 0 Å². The molecule has 0 spiro atoms. The number of thioether (sulfide) groups is 1. The van der Waals surface area contributed by atoms with Crippen molar-refractivity contribution in [3.8, 4) is 0 Å². The fourth-order valence-electron chi connectivity index (χ4n) is 3.79. The van der Waals surface area contributed by atoms with E-state index < -0.39 is 23.9 Å². The summed E-state index contributed by atoms with van der Waals surface area (Å²) in [7, 11) is 0. The Kier molecular flexibility index (Phi) is 6.74. The van der Waals surface area contributed by atoms with E-state index in [0.717, 1.165) is 12.1 Å². The molecule has 1 unspecified atom stereocenters. The van der Waals surface area contributed by atoms with Crippen molar-refractivity contribution in [3.63, 3.8) is 0 Å². The number of rotatable bonds is 5. The number of nitrogens with zero attached hydrogens (tertiary/aromatic N) is 3. The average Bonchev–Trinajstić information content (AvgIpc) is 3.22. The van der Waals surface area contributed by atoms with E-state index in [1.807, 2.05) is 0 Å². The van der Waals surface area contributed by atoms with Gasteiger partial charge >= 0.3 is 6.18 Å². The highest BCUT2D eigenvalue weighted by Gasteiger charge is 2.62. The van der Waals surface area contributed by atoms with Crippen LogP contribution in [0.15, 0.2) is 35.6 Å². The molecule has 5 nitrogen and oxygen atoms in total. The first-order valence-corrected chi connectivity index (χ1v) is 12.3. The molecule has 182 valence electrons. The van der Waals surface area contributed by atoms with Gasteiger partial charge in [-0.1, -0.05) is 40.0 Å². The zero-order chi connectivity index (χ0) is 24.9. The molecule has 0 aliphatic carbocycles. The number of halogens is 7. The Bertz CT molecular complexity index is 1130. The molecule has 1 saturated heterocycles. The maximum absolute atomic E-state index is 15.1. The summed E-state index contributed by atoms with van der Waals surface area (Å²) < 4.78 is 57.6. The fourth-order valence-corrected chi connectivity index (χ4v) is 4.81.